The third kappa shape index (κ3) is 5.41. The van der Waals surface area contributed by atoms with E-state index in [4.69, 9.17) is 16.3 Å². The van der Waals surface area contributed by atoms with Gasteiger partial charge >= 0.3 is 0 Å². The Morgan fingerprint density at radius 2 is 1.89 bits per heavy atom. The van der Waals surface area contributed by atoms with Crippen LogP contribution in [0.3, 0.4) is 0 Å². The maximum absolute atomic E-state index is 12.9. The monoisotopic (exact) mass is 460 g/mol. The molecule has 7 heteroatoms. The van der Waals surface area contributed by atoms with E-state index in [1.807, 2.05) is 30.3 Å². The van der Waals surface area contributed by atoms with E-state index in [-0.39, 0.29) is 0 Å². The number of amides is 1. The molecule has 0 saturated heterocycles. The van der Waals surface area contributed by atoms with Gasteiger partial charge in [0.2, 0.25) is 0 Å². The van der Waals surface area contributed by atoms with Crippen LogP contribution in [0.2, 0.25) is 5.02 Å². The normalized spacial score (nSPS) is 10.8. The average molecular weight is 462 g/mol. The smallest absolute Gasteiger partial charge is 0.271 e. The number of carbonyl (C=O) groups excluding carboxylic acids is 1. The van der Waals surface area contributed by atoms with Gasteiger partial charge in [0.25, 0.3) is 5.91 Å². The Balaban J connectivity index is 1.59. The first-order valence-electron chi connectivity index (χ1n) is 8.27. The van der Waals surface area contributed by atoms with Crippen molar-refractivity contribution in [1.29, 1.82) is 0 Å². The molecule has 0 aliphatic carbocycles. The van der Waals surface area contributed by atoms with Crippen molar-refractivity contribution < 1.29 is 13.9 Å². The van der Waals surface area contributed by atoms with Crippen molar-refractivity contribution in [2.75, 3.05) is 0 Å². The Bertz CT molecular complexity index is 1010. The largest absolute Gasteiger partial charge is 0.488 e. The lowest BCUT2D eigenvalue weighted by atomic mass is 10.2. The first-order valence-corrected chi connectivity index (χ1v) is 9.45. The minimum Gasteiger partial charge on any atom is -0.488 e. The second-order valence-electron chi connectivity index (χ2n) is 5.78. The molecular formula is C21H15BrClFN2O2. The Morgan fingerprint density at radius 1 is 1.14 bits per heavy atom. The van der Waals surface area contributed by atoms with Crippen LogP contribution < -0.4 is 10.2 Å². The molecule has 0 aliphatic heterocycles. The minimum absolute atomic E-state index is 0.322. The SMILES string of the molecule is O=C(N/N=C\c1ccc(OCc2ccccc2Cl)c(Br)c1)c1ccc(F)cc1. The maximum atomic E-state index is 12.9. The van der Waals surface area contributed by atoms with E-state index >= 15 is 0 Å². The number of hydrazone groups is 1. The summed E-state index contributed by atoms with van der Waals surface area (Å²) in [5.74, 6) is -0.163. The maximum Gasteiger partial charge on any atom is 0.271 e. The molecule has 1 N–H and O–H groups in total. The molecule has 3 aromatic rings. The van der Waals surface area contributed by atoms with Gasteiger partial charge in [0.05, 0.1) is 10.7 Å². The predicted molar refractivity (Wildman–Crippen MR) is 111 cm³/mol. The Kier molecular flexibility index (Phi) is 6.79. The fraction of sp³-hybridized carbons (Fsp3) is 0.0476. The van der Waals surface area contributed by atoms with Crippen molar-refractivity contribution in [2.45, 2.75) is 6.61 Å². The van der Waals surface area contributed by atoms with Crippen LogP contribution in [-0.2, 0) is 6.61 Å². The number of carbonyl (C=O) groups is 1. The van der Waals surface area contributed by atoms with Crippen LogP contribution in [0.15, 0.2) is 76.3 Å². The first-order chi connectivity index (χ1) is 13.5. The average Bonchev–Trinajstić information content (AvgIpc) is 2.69. The minimum atomic E-state index is -0.421. The van der Waals surface area contributed by atoms with Gasteiger partial charge in [-0.3, -0.25) is 4.79 Å². The summed E-state index contributed by atoms with van der Waals surface area (Å²) >= 11 is 9.59. The summed E-state index contributed by atoms with van der Waals surface area (Å²) in [7, 11) is 0. The summed E-state index contributed by atoms with van der Waals surface area (Å²) in [4.78, 5) is 11.9. The zero-order valence-electron chi connectivity index (χ0n) is 14.5. The lowest BCUT2D eigenvalue weighted by molar-refractivity contribution is 0.0955. The molecule has 0 radical (unpaired) electrons. The highest BCUT2D eigenvalue weighted by Crippen LogP contribution is 2.27. The summed E-state index contributed by atoms with van der Waals surface area (Å²) in [5, 5.41) is 4.57. The fourth-order valence-corrected chi connectivity index (χ4v) is 3.02. The summed E-state index contributed by atoms with van der Waals surface area (Å²) in [5.41, 5.74) is 4.38. The molecule has 142 valence electrons. The zero-order valence-corrected chi connectivity index (χ0v) is 16.9. The molecule has 0 atom stereocenters. The summed E-state index contributed by atoms with van der Waals surface area (Å²) < 4.78 is 19.4. The number of nitrogens with zero attached hydrogens (tertiary/aromatic N) is 1. The van der Waals surface area contributed by atoms with E-state index in [1.54, 1.807) is 12.1 Å². The molecule has 0 saturated carbocycles. The molecule has 28 heavy (non-hydrogen) atoms. The van der Waals surface area contributed by atoms with Gasteiger partial charge in [0, 0.05) is 16.1 Å². The van der Waals surface area contributed by atoms with Gasteiger partial charge in [-0.05, 0) is 70.0 Å². The van der Waals surface area contributed by atoms with E-state index in [9.17, 15) is 9.18 Å². The van der Waals surface area contributed by atoms with Crippen molar-refractivity contribution in [3.8, 4) is 5.75 Å². The molecule has 0 fully saturated rings. The molecule has 3 rings (SSSR count). The quantitative estimate of drug-likeness (QED) is 0.385. The van der Waals surface area contributed by atoms with Crippen molar-refractivity contribution in [2.24, 2.45) is 5.10 Å². The molecule has 4 nitrogen and oxygen atoms in total. The number of ether oxygens (including phenoxy) is 1. The van der Waals surface area contributed by atoms with Crippen LogP contribution >= 0.6 is 27.5 Å². The van der Waals surface area contributed by atoms with E-state index in [1.165, 1.54) is 30.5 Å². The van der Waals surface area contributed by atoms with Crippen LogP contribution in [0.1, 0.15) is 21.5 Å². The molecular weight excluding hydrogens is 447 g/mol. The van der Waals surface area contributed by atoms with E-state index < -0.39 is 11.7 Å². The molecule has 0 spiro atoms. The van der Waals surface area contributed by atoms with E-state index in [0.29, 0.717) is 22.9 Å². The van der Waals surface area contributed by atoms with Crippen LogP contribution in [0.5, 0.6) is 5.75 Å². The fourth-order valence-electron chi connectivity index (χ4n) is 2.32. The summed E-state index contributed by atoms with van der Waals surface area (Å²) in [6.07, 6.45) is 1.50. The molecule has 3 aromatic carbocycles. The van der Waals surface area contributed by atoms with Gasteiger partial charge in [0.1, 0.15) is 18.2 Å². The molecule has 0 aliphatic rings. The molecule has 0 bridgehead atoms. The lowest BCUT2D eigenvalue weighted by Gasteiger charge is -2.10. The van der Waals surface area contributed by atoms with Crippen molar-refractivity contribution in [3.05, 3.63) is 98.7 Å². The number of benzene rings is 3. The third-order valence-electron chi connectivity index (χ3n) is 3.78. The highest BCUT2D eigenvalue weighted by atomic mass is 79.9. The lowest BCUT2D eigenvalue weighted by Crippen LogP contribution is -2.17. The zero-order chi connectivity index (χ0) is 19.9. The second-order valence-corrected chi connectivity index (χ2v) is 7.04. The topological polar surface area (TPSA) is 50.7 Å². The summed E-state index contributed by atoms with van der Waals surface area (Å²) in [6, 6.07) is 18.1. The van der Waals surface area contributed by atoms with Gasteiger partial charge in [-0.1, -0.05) is 29.8 Å². The van der Waals surface area contributed by atoms with Crippen LogP contribution in [0.25, 0.3) is 0 Å². The van der Waals surface area contributed by atoms with Gasteiger partial charge in [0.15, 0.2) is 0 Å². The van der Waals surface area contributed by atoms with Gasteiger partial charge < -0.3 is 4.74 Å². The molecule has 1 amide bonds. The number of hydrogen-bond donors (Lipinski definition) is 1. The Morgan fingerprint density at radius 3 is 2.61 bits per heavy atom. The van der Waals surface area contributed by atoms with Crippen molar-refractivity contribution in [1.82, 2.24) is 5.43 Å². The highest BCUT2D eigenvalue weighted by Gasteiger charge is 2.06. The van der Waals surface area contributed by atoms with Gasteiger partial charge in [-0.2, -0.15) is 5.10 Å². The van der Waals surface area contributed by atoms with E-state index in [0.717, 1.165) is 15.6 Å². The van der Waals surface area contributed by atoms with E-state index in [2.05, 4.69) is 26.5 Å². The van der Waals surface area contributed by atoms with Crippen LogP contribution in [0, 0.1) is 5.82 Å². The van der Waals surface area contributed by atoms with Crippen LogP contribution in [-0.4, -0.2) is 12.1 Å². The van der Waals surface area contributed by atoms with Gasteiger partial charge in [-0.15, -0.1) is 0 Å². The standard InChI is InChI=1S/C21H15BrClFN2O2/c22-18-11-14(12-25-26-21(27)15-6-8-17(24)9-7-15)5-10-20(18)28-13-16-3-1-2-4-19(16)23/h1-12H,13H2,(H,26,27)/b25-12-. The molecule has 0 unspecified atom stereocenters. The summed E-state index contributed by atoms with van der Waals surface area (Å²) in [6.45, 7) is 0.347. The first kappa shape index (κ1) is 20.0. The Hall–Kier alpha value is -2.70. The number of nitrogens with one attached hydrogen (secondary N) is 1. The molecule has 0 aromatic heterocycles. The van der Waals surface area contributed by atoms with Crippen molar-refractivity contribution in [3.63, 3.8) is 0 Å². The molecule has 0 heterocycles. The highest BCUT2D eigenvalue weighted by molar-refractivity contribution is 9.10. The number of rotatable bonds is 6. The van der Waals surface area contributed by atoms with Crippen molar-refractivity contribution >= 4 is 39.7 Å². The van der Waals surface area contributed by atoms with Gasteiger partial charge in [-0.25, -0.2) is 9.82 Å². The predicted octanol–water partition coefficient (Wildman–Crippen LogP) is 5.58. The van der Waals surface area contributed by atoms with Crippen LogP contribution in [0.4, 0.5) is 4.39 Å². The number of hydrogen-bond acceptors (Lipinski definition) is 3. The third-order valence-corrected chi connectivity index (χ3v) is 4.77. The Labute approximate surface area is 175 Å². The number of halogens is 3. The second kappa shape index (κ2) is 9.48.